The van der Waals surface area contributed by atoms with Crippen LogP contribution in [0.3, 0.4) is 0 Å². The minimum Gasteiger partial charge on any atom is -0.469 e. The average molecular weight is 300 g/mol. The van der Waals surface area contributed by atoms with Crippen LogP contribution in [-0.4, -0.2) is 17.9 Å². The van der Waals surface area contributed by atoms with Crippen molar-refractivity contribution in [1.82, 2.24) is 10.6 Å². The number of benzene rings is 1. The van der Waals surface area contributed by atoms with Gasteiger partial charge >= 0.3 is 11.8 Å². The average Bonchev–Trinajstić information content (AvgIpc) is 3.00. The van der Waals surface area contributed by atoms with Crippen molar-refractivity contribution in [3.8, 4) is 0 Å². The van der Waals surface area contributed by atoms with Crippen molar-refractivity contribution in [2.75, 3.05) is 0 Å². The molecular weight excluding hydrogens is 280 g/mol. The molecule has 2 amide bonds. The summed E-state index contributed by atoms with van der Waals surface area (Å²) in [7, 11) is 0. The van der Waals surface area contributed by atoms with E-state index in [-0.39, 0.29) is 12.1 Å². The summed E-state index contributed by atoms with van der Waals surface area (Å²) < 4.78 is 5.22. The molecule has 0 aliphatic heterocycles. The van der Waals surface area contributed by atoms with Gasteiger partial charge in [-0.2, -0.15) is 0 Å². The zero-order valence-corrected chi connectivity index (χ0v) is 12.7. The second-order valence-electron chi connectivity index (χ2n) is 5.26. The predicted molar refractivity (Wildman–Crippen MR) is 83.0 cm³/mol. The lowest BCUT2D eigenvalue weighted by Gasteiger charge is -2.16. The van der Waals surface area contributed by atoms with Crippen LogP contribution < -0.4 is 10.6 Å². The van der Waals surface area contributed by atoms with Crippen LogP contribution in [0.1, 0.15) is 31.2 Å². The van der Waals surface area contributed by atoms with Gasteiger partial charge in [-0.15, -0.1) is 0 Å². The fourth-order valence-electron chi connectivity index (χ4n) is 2.16. The molecule has 2 aromatic rings. The Hall–Kier alpha value is -2.56. The van der Waals surface area contributed by atoms with E-state index >= 15 is 0 Å². The number of carbonyl (C=O) groups is 2. The number of furan rings is 1. The van der Waals surface area contributed by atoms with Crippen molar-refractivity contribution in [2.24, 2.45) is 0 Å². The molecule has 116 valence electrons. The Labute approximate surface area is 129 Å². The third-order valence-corrected chi connectivity index (χ3v) is 3.32. The summed E-state index contributed by atoms with van der Waals surface area (Å²) in [5, 5.41) is 5.35. The van der Waals surface area contributed by atoms with Gasteiger partial charge in [0.1, 0.15) is 5.76 Å². The summed E-state index contributed by atoms with van der Waals surface area (Å²) in [5.74, 6) is -0.504. The summed E-state index contributed by atoms with van der Waals surface area (Å²) in [6, 6.07) is 12.7. The smallest absolute Gasteiger partial charge is 0.309 e. The molecule has 5 nitrogen and oxygen atoms in total. The zero-order valence-electron chi connectivity index (χ0n) is 12.7. The third-order valence-electron chi connectivity index (χ3n) is 3.32. The number of nitrogens with one attached hydrogen (secondary N) is 2. The molecule has 22 heavy (non-hydrogen) atoms. The fourth-order valence-corrected chi connectivity index (χ4v) is 2.16. The van der Waals surface area contributed by atoms with E-state index in [9.17, 15) is 9.59 Å². The highest BCUT2D eigenvalue weighted by Gasteiger charge is 2.19. The largest absolute Gasteiger partial charge is 0.469 e. The van der Waals surface area contributed by atoms with E-state index in [1.54, 1.807) is 12.3 Å². The Kier molecular flexibility index (Phi) is 5.36. The van der Waals surface area contributed by atoms with Crippen LogP contribution in [0.15, 0.2) is 53.1 Å². The Balaban J connectivity index is 1.83. The summed E-state index contributed by atoms with van der Waals surface area (Å²) in [6.45, 7) is 3.67. The minimum atomic E-state index is -0.637. The van der Waals surface area contributed by atoms with Crippen LogP contribution in [0.4, 0.5) is 0 Å². The van der Waals surface area contributed by atoms with Crippen LogP contribution in [0.2, 0.25) is 0 Å². The lowest BCUT2D eigenvalue weighted by Crippen LogP contribution is -2.44. The number of rotatable bonds is 5. The Bertz CT molecular complexity index is 608. The maximum Gasteiger partial charge on any atom is 0.309 e. The van der Waals surface area contributed by atoms with Crippen LogP contribution in [0, 0.1) is 0 Å². The number of hydrogen-bond acceptors (Lipinski definition) is 3. The maximum absolute atomic E-state index is 11.9. The van der Waals surface area contributed by atoms with Crippen LogP contribution in [0.25, 0.3) is 0 Å². The molecule has 2 unspecified atom stereocenters. The molecule has 0 aliphatic rings. The normalized spacial score (nSPS) is 13.2. The molecule has 1 aromatic heterocycles. The molecule has 1 heterocycles. The van der Waals surface area contributed by atoms with Gasteiger partial charge in [0, 0.05) is 12.5 Å². The van der Waals surface area contributed by atoms with E-state index < -0.39 is 11.8 Å². The van der Waals surface area contributed by atoms with E-state index in [0.29, 0.717) is 6.42 Å². The highest BCUT2D eigenvalue weighted by atomic mass is 16.3. The second kappa shape index (κ2) is 7.45. The van der Waals surface area contributed by atoms with Gasteiger partial charge in [0.25, 0.3) is 0 Å². The van der Waals surface area contributed by atoms with Crippen LogP contribution in [-0.2, 0) is 16.0 Å². The van der Waals surface area contributed by atoms with Gasteiger partial charge < -0.3 is 15.1 Å². The molecule has 2 atom stereocenters. The summed E-state index contributed by atoms with van der Waals surface area (Å²) in [6.07, 6.45) is 2.12. The quantitative estimate of drug-likeness (QED) is 0.832. The van der Waals surface area contributed by atoms with Crippen molar-refractivity contribution < 1.29 is 14.0 Å². The first kappa shape index (κ1) is 15.8. The van der Waals surface area contributed by atoms with Gasteiger partial charge in [-0.25, -0.2) is 0 Å². The molecule has 2 rings (SSSR count). The van der Waals surface area contributed by atoms with Gasteiger partial charge in [-0.3, -0.25) is 9.59 Å². The topological polar surface area (TPSA) is 71.3 Å². The van der Waals surface area contributed by atoms with Crippen LogP contribution in [0.5, 0.6) is 0 Å². The van der Waals surface area contributed by atoms with Crippen molar-refractivity contribution >= 4 is 11.8 Å². The predicted octanol–water partition coefficient (Wildman–Crippen LogP) is 2.20. The molecule has 5 heteroatoms. The molecule has 2 N–H and O–H groups in total. The highest BCUT2D eigenvalue weighted by molar-refractivity contribution is 6.35. The van der Waals surface area contributed by atoms with Crippen molar-refractivity contribution in [3.05, 3.63) is 60.1 Å². The van der Waals surface area contributed by atoms with Gasteiger partial charge in [0.05, 0.1) is 12.3 Å². The van der Waals surface area contributed by atoms with Crippen molar-refractivity contribution in [3.63, 3.8) is 0 Å². The second-order valence-corrected chi connectivity index (χ2v) is 5.26. The van der Waals surface area contributed by atoms with Gasteiger partial charge in [-0.1, -0.05) is 30.3 Å². The molecule has 0 radical (unpaired) electrons. The molecule has 0 saturated heterocycles. The highest BCUT2D eigenvalue weighted by Crippen LogP contribution is 2.10. The standard InChI is InChI=1S/C17H20N2O3/c1-12(11-15-9-6-10-22-15)18-16(20)17(21)19-13(2)14-7-4-3-5-8-14/h3-10,12-13H,11H2,1-2H3,(H,18,20)(H,19,21). The van der Waals surface area contributed by atoms with E-state index in [1.807, 2.05) is 50.2 Å². The fraction of sp³-hybridized carbons (Fsp3) is 0.294. The minimum absolute atomic E-state index is 0.184. The molecular formula is C17H20N2O3. The van der Waals surface area contributed by atoms with E-state index in [2.05, 4.69) is 10.6 Å². The molecule has 0 spiro atoms. The molecule has 1 aromatic carbocycles. The number of carbonyl (C=O) groups excluding carboxylic acids is 2. The summed E-state index contributed by atoms with van der Waals surface area (Å²) in [5.41, 5.74) is 0.951. The monoisotopic (exact) mass is 300 g/mol. The van der Waals surface area contributed by atoms with Gasteiger partial charge in [0.15, 0.2) is 0 Å². The lowest BCUT2D eigenvalue weighted by atomic mass is 10.1. The van der Waals surface area contributed by atoms with Crippen molar-refractivity contribution in [2.45, 2.75) is 32.4 Å². The summed E-state index contributed by atoms with van der Waals surface area (Å²) in [4.78, 5) is 23.8. The number of hydrogen-bond donors (Lipinski definition) is 2. The third kappa shape index (κ3) is 4.48. The summed E-state index contributed by atoms with van der Waals surface area (Å²) >= 11 is 0. The lowest BCUT2D eigenvalue weighted by molar-refractivity contribution is -0.140. The zero-order chi connectivity index (χ0) is 15.9. The Morgan fingerprint density at radius 2 is 1.68 bits per heavy atom. The first-order valence-electron chi connectivity index (χ1n) is 7.25. The Morgan fingerprint density at radius 1 is 1.00 bits per heavy atom. The van der Waals surface area contributed by atoms with E-state index in [0.717, 1.165) is 11.3 Å². The molecule has 0 bridgehead atoms. The van der Waals surface area contributed by atoms with E-state index in [4.69, 9.17) is 4.42 Å². The first-order chi connectivity index (χ1) is 10.6. The first-order valence-corrected chi connectivity index (χ1v) is 7.25. The SMILES string of the molecule is CC(Cc1ccco1)NC(=O)C(=O)NC(C)c1ccccc1. The molecule has 0 saturated carbocycles. The van der Waals surface area contributed by atoms with Crippen LogP contribution >= 0.6 is 0 Å². The number of amides is 2. The van der Waals surface area contributed by atoms with Crippen molar-refractivity contribution in [1.29, 1.82) is 0 Å². The molecule has 0 fully saturated rings. The van der Waals surface area contributed by atoms with Gasteiger partial charge in [-0.05, 0) is 31.5 Å². The Morgan fingerprint density at radius 3 is 2.32 bits per heavy atom. The molecule has 0 aliphatic carbocycles. The maximum atomic E-state index is 11.9. The van der Waals surface area contributed by atoms with E-state index in [1.165, 1.54) is 0 Å². The van der Waals surface area contributed by atoms with Gasteiger partial charge in [0.2, 0.25) is 0 Å².